The van der Waals surface area contributed by atoms with Crippen molar-refractivity contribution in [1.29, 1.82) is 0 Å². The van der Waals surface area contributed by atoms with Crippen LogP contribution in [0.5, 0.6) is 0 Å². The smallest absolute Gasteiger partial charge is 0.0712 e. The largest absolute Gasteiger partial charge is 0.377 e. The topological polar surface area (TPSA) is 24.9 Å². The van der Waals surface area contributed by atoms with E-state index in [4.69, 9.17) is 9.47 Å². The molecule has 162 valence electrons. The van der Waals surface area contributed by atoms with Gasteiger partial charge in [0.2, 0.25) is 0 Å². The van der Waals surface area contributed by atoms with E-state index >= 15 is 0 Å². The first-order chi connectivity index (χ1) is 13.9. The van der Waals surface area contributed by atoms with E-state index in [1.165, 1.54) is 89.9 Å². The highest BCUT2D eigenvalue weighted by Crippen LogP contribution is 2.40. The van der Waals surface area contributed by atoms with Crippen LogP contribution in [-0.2, 0) is 9.47 Å². The van der Waals surface area contributed by atoms with E-state index in [1.54, 1.807) is 0 Å². The fourth-order valence-electron chi connectivity index (χ4n) is 5.28. The Labute approximate surface area is 180 Å². The molecule has 2 unspecified atom stereocenters. The average molecular weight is 429 g/mol. The molecule has 2 atom stereocenters. The van der Waals surface area contributed by atoms with Gasteiger partial charge in [-0.25, -0.2) is 8.61 Å². The van der Waals surface area contributed by atoms with Gasteiger partial charge in [0.05, 0.1) is 12.2 Å². The molecular weight excluding hydrogens is 388 g/mol. The number of hydrogen-bond acceptors (Lipinski definition) is 6. The summed E-state index contributed by atoms with van der Waals surface area (Å²) in [5.74, 6) is 0. The molecule has 2 heterocycles. The Hall–Kier alpha value is 0.540. The second-order valence-electron chi connectivity index (χ2n) is 9.20. The van der Waals surface area contributed by atoms with Gasteiger partial charge in [-0.1, -0.05) is 38.5 Å². The fourth-order valence-corrected chi connectivity index (χ4v) is 8.18. The molecule has 28 heavy (non-hydrogen) atoms. The van der Waals surface area contributed by atoms with Crippen LogP contribution >= 0.6 is 22.0 Å². The van der Waals surface area contributed by atoms with Gasteiger partial charge in [-0.2, -0.15) is 0 Å². The Morgan fingerprint density at radius 3 is 1.32 bits per heavy atom. The van der Waals surface area contributed by atoms with Gasteiger partial charge in [0.15, 0.2) is 0 Å². The summed E-state index contributed by atoms with van der Waals surface area (Å²) in [7, 11) is 4.08. The molecule has 0 bridgehead atoms. The van der Waals surface area contributed by atoms with E-state index < -0.39 is 0 Å². The van der Waals surface area contributed by atoms with E-state index in [2.05, 4.69) is 8.61 Å². The second-order valence-corrected chi connectivity index (χ2v) is 11.3. The number of ether oxygens (including phenoxy) is 2. The lowest BCUT2D eigenvalue weighted by molar-refractivity contribution is 0.0835. The maximum Gasteiger partial charge on any atom is 0.0712 e. The molecule has 2 saturated carbocycles. The van der Waals surface area contributed by atoms with E-state index in [0.717, 1.165) is 38.4 Å². The SMILES string of the molecule is C1CCC(N(CC2CCCO2)SSN(CC2CCCO2)C2CCCCC2)CC1. The van der Waals surface area contributed by atoms with Gasteiger partial charge >= 0.3 is 0 Å². The predicted octanol–water partition coefficient (Wildman–Crippen LogP) is 5.83. The molecule has 2 aliphatic heterocycles. The zero-order valence-corrected chi connectivity index (χ0v) is 19.2. The van der Waals surface area contributed by atoms with Crippen LogP contribution in [0, 0.1) is 0 Å². The van der Waals surface area contributed by atoms with Crippen molar-refractivity contribution in [1.82, 2.24) is 8.61 Å². The Morgan fingerprint density at radius 2 is 0.964 bits per heavy atom. The summed E-state index contributed by atoms with van der Waals surface area (Å²) in [5, 5.41) is 0. The van der Waals surface area contributed by atoms with Crippen molar-refractivity contribution in [2.75, 3.05) is 26.3 Å². The van der Waals surface area contributed by atoms with Gasteiger partial charge < -0.3 is 9.47 Å². The van der Waals surface area contributed by atoms with Gasteiger partial charge in [0.25, 0.3) is 0 Å². The summed E-state index contributed by atoms with van der Waals surface area (Å²) in [4.78, 5) is 0. The van der Waals surface area contributed by atoms with Crippen LogP contribution in [0.1, 0.15) is 89.9 Å². The highest BCUT2D eigenvalue weighted by atomic mass is 33.1. The lowest BCUT2D eigenvalue weighted by Crippen LogP contribution is -2.39. The molecule has 4 aliphatic rings. The molecule has 0 aromatic rings. The van der Waals surface area contributed by atoms with Gasteiger partial charge in [-0.05, 0) is 51.4 Å². The molecule has 0 spiro atoms. The van der Waals surface area contributed by atoms with Crippen molar-refractivity contribution >= 4 is 22.0 Å². The lowest BCUT2D eigenvalue weighted by atomic mass is 9.95. The molecule has 4 rings (SSSR count). The minimum atomic E-state index is 0.455. The second kappa shape index (κ2) is 11.8. The van der Waals surface area contributed by atoms with Crippen molar-refractivity contribution in [2.45, 2.75) is 114 Å². The molecule has 0 amide bonds. The molecule has 0 aromatic carbocycles. The van der Waals surface area contributed by atoms with E-state index in [-0.39, 0.29) is 0 Å². The van der Waals surface area contributed by atoms with Crippen LogP contribution in [0.4, 0.5) is 0 Å². The standard InChI is InChI=1S/C22H40N2O2S2/c1-3-9-19(10-4-1)23(17-21-13-7-15-25-21)27-28-24(18-22-14-8-16-26-22)20-11-5-2-6-12-20/h19-22H,1-18H2. The highest BCUT2D eigenvalue weighted by Gasteiger charge is 2.31. The minimum absolute atomic E-state index is 0.455. The number of nitrogens with zero attached hydrogens (tertiary/aromatic N) is 2. The molecule has 4 nitrogen and oxygen atoms in total. The lowest BCUT2D eigenvalue weighted by Gasteiger charge is -2.38. The molecular formula is C22H40N2O2S2. The Balaban J connectivity index is 1.35. The minimum Gasteiger partial charge on any atom is -0.377 e. The third-order valence-corrected chi connectivity index (χ3v) is 9.70. The Kier molecular flexibility index (Phi) is 9.17. The summed E-state index contributed by atoms with van der Waals surface area (Å²) in [6, 6.07) is 1.48. The maximum absolute atomic E-state index is 6.01. The molecule has 0 aromatic heterocycles. The molecule has 6 heteroatoms. The van der Waals surface area contributed by atoms with E-state index in [0.29, 0.717) is 12.2 Å². The maximum atomic E-state index is 6.01. The van der Waals surface area contributed by atoms with Crippen molar-refractivity contribution in [2.24, 2.45) is 0 Å². The molecule has 0 N–H and O–H groups in total. The first kappa shape index (κ1) is 21.8. The van der Waals surface area contributed by atoms with Crippen molar-refractivity contribution in [3.63, 3.8) is 0 Å². The third-order valence-electron chi connectivity index (χ3n) is 7.00. The molecule has 0 radical (unpaired) electrons. The van der Waals surface area contributed by atoms with Gasteiger partial charge in [-0.3, -0.25) is 0 Å². The summed E-state index contributed by atoms with van der Waals surface area (Å²) in [6.45, 7) is 4.16. The quantitative estimate of drug-likeness (QED) is 0.339. The molecule has 2 saturated heterocycles. The predicted molar refractivity (Wildman–Crippen MR) is 120 cm³/mol. The zero-order valence-electron chi connectivity index (χ0n) is 17.6. The number of hydrogen-bond donors (Lipinski definition) is 0. The van der Waals surface area contributed by atoms with Crippen LogP contribution in [0.25, 0.3) is 0 Å². The average Bonchev–Trinajstić information content (AvgIpc) is 3.45. The van der Waals surface area contributed by atoms with E-state index in [1.807, 2.05) is 22.0 Å². The van der Waals surface area contributed by atoms with Crippen molar-refractivity contribution < 1.29 is 9.47 Å². The number of rotatable bonds is 9. The third kappa shape index (κ3) is 6.52. The normalized spacial score (nSPS) is 30.6. The van der Waals surface area contributed by atoms with Crippen LogP contribution in [0.3, 0.4) is 0 Å². The first-order valence-corrected chi connectivity index (χ1v) is 14.1. The van der Waals surface area contributed by atoms with Crippen LogP contribution in [0.15, 0.2) is 0 Å². The molecule has 2 aliphatic carbocycles. The van der Waals surface area contributed by atoms with Crippen molar-refractivity contribution in [3.05, 3.63) is 0 Å². The van der Waals surface area contributed by atoms with Crippen LogP contribution in [0.2, 0.25) is 0 Å². The zero-order chi connectivity index (χ0) is 19.0. The first-order valence-electron chi connectivity index (χ1n) is 12.0. The van der Waals surface area contributed by atoms with Crippen LogP contribution in [-0.4, -0.2) is 59.2 Å². The van der Waals surface area contributed by atoms with Crippen molar-refractivity contribution in [3.8, 4) is 0 Å². The summed E-state index contributed by atoms with van der Waals surface area (Å²) in [6.07, 6.45) is 19.8. The summed E-state index contributed by atoms with van der Waals surface area (Å²) >= 11 is 0. The van der Waals surface area contributed by atoms with Gasteiger partial charge in [0, 0.05) is 60.3 Å². The fraction of sp³-hybridized carbons (Fsp3) is 1.00. The van der Waals surface area contributed by atoms with Crippen LogP contribution < -0.4 is 0 Å². The van der Waals surface area contributed by atoms with Gasteiger partial charge in [0.1, 0.15) is 0 Å². The summed E-state index contributed by atoms with van der Waals surface area (Å²) in [5.41, 5.74) is 0. The monoisotopic (exact) mass is 428 g/mol. The highest BCUT2D eigenvalue weighted by molar-refractivity contribution is 8.74. The Bertz CT molecular complexity index is 392. The van der Waals surface area contributed by atoms with E-state index in [9.17, 15) is 0 Å². The Morgan fingerprint density at radius 1 is 0.536 bits per heavy atom. The molecule has 4 fully saturated rings. The van der Waals surface area contributed by atoms with Gasteiger partial charge in [-0.15, -0.1) is 0 Å². The summed E-state index contributed by atoms with van der Waals surface area (Å²) < 4.78 is 17.4.